The quantitative estimate of drug-likeness (QED) is 0.796. The molecule has 1 N–H and O–H groups in total. The second-order valence-corrected chi connectivity index (χ2v) is 5.30. The van der Waals surface area contributed by atoms with E-state index in [0.29, 0.717) is 11.6 Å². The average Bonchev–Trinajstić information content (AvgIpc) is 3.09. The number of hydrogen-bond acceptors (Lipinski definition) is 3. The van der Waals surface area contributed by atoms with E-state index in [-0.39, 0.29) is 12.3 Å². The molecule has 0 aliphatic rings. The zero-order chi connectivity index (χ0) is 14.8. The summed E-state index contributed by atoms with van der Waals surface area (Å²) in [4.78, 5) is 12.0. The Labute approximate surface area is 126 Å². The summed E-state index contributed by atoms with van der Waals surface area (Å²) in [5.41, 5.74) is 2.52. The molecular formula is C16H14ClNO3. The largest absolute Gasteiger partial charge is 0.467 e. The van der Waals surface area contributed by atoms with Crippen molar-refractivity contribution in [1.82, 2.24) is 5.32 Å². The van der Waals surface area contributed by atoms with E-state index in [4.69, 9.17) is 20.4 Å². The molecule has 0 saturated heterocycles. The van der Waals surface area contributed by atoms with Crippen molar-refractivity contribution in [1.29, 1.82) is 0 Å². The van der Waals surface area contributed by atoms with Crippen LogP contribution in [0.25, 0.3) is 11.0 Å². The zero-order valence-electron chi connectivity index (χ0n) is 11.5. The second-order valence-electron chi connectivity index (χ2n) is 4.89. The molecule has 3 rings (SSSR count). The first-order valence-corrected chi connectivity index (χ1v) is 6.96. The maximum atomic E-state index is 12.0. The van der Waals surface area contributed by atoms with Gasteiger partial charge < -0.3 is 14.2 Å². The van der Waals surface area contributed by atoms with Crippen molar-refractivity contribution < 1.29 is 13.6 Å². The summed E-state index contributed by atoms with van der Waals surface area (Å²) in [6.07, 6.45) is 3.43. The first-order valence-electron chi connectivity index (χ1n) is 6.59. The van der Waals surface area contributed by atoms with Gasteiger partial charge in [0.05, 0.1) is 25.5 Å². The van der Waals surface area contributed by atoms with Crippen LogP contribution < -0.4 is 5.32 Å². The number of nitrogens with one attached hydrogen (secondary N) is 1. The number of amides is 1. The van der Waals surface area contributed by atoms with Gasteiger partial charge in [0.25, 0.3) is 0 Å². The number of fused-ring (bicyclic) bond motifs is 1. The number of rotatable bonds is 4. The van der Waals surface area contributed by atoms with Gasteiger partial charge in [-0.15, -0.1) is 0 Å². The SMILES string of the molecule is Cc1cc2occ(CC(=O)NCc3ccco3)c2cc1Cl. The molecule has 0 radical (unpaired) electrons. The number of aryl methyl sites for hydroxylation is 1. The van der Waals surface area contributed by atoms with Gasteiger partial charge >= 0.3 is 0 Å². The molecule has 108 valence electrons. The van der Waals surface area contributed by atoms with Gasteiger partial charge in [0.2, 0.25) is 5.91 Å². The van der Waals surface area contributed by atoms with Crippen LogP contribution in [0.5, 0.6) is 0 Å². The van der Waals surface area contributed by atoms with Crippen LogP contribution in [0.4, 0.5) is 0 Å². The fourth-order valence-corrected chi connectivity index (χ4v) is 2.34. The topological polar surface area (TPSA) is 55.4 Å². The van der Waals surface area contributed by atoms with Crippen LogP contribution in [-0.2, 0) is 17.8 Å². The summed E-state index contributed by atoms with van der Waals surface area (Å²) in [6.45, 7) is 2.29. The van der Waals surface area contributed by atoms with Crippen LogP contribution in [0.1, 0.15) is 16.9 Å². The predicted octanol–water partition coefficient (Wildman–Crippen LogP) is 3.85. The summed E-state index contributed by atoms with van der Waals surface area (Å²) in [6, 6.07) is 7.32. The first kappa shape index (κ1) is 13.8. The molecule has 2 heterocycles. The Bertz CT molecular complexity index is 774. The van der Waals surface area contributed by atoms with Crippen LogP contribution in [0, 0.1) is 6.92 Å². The van der Waals surface area contributed by atoms with Crippen molar-refractivity contribution in [3.63, 3.8) is 0 Å². The summed E-state index contributed by atoms with van der Waals surface area (Å²) in [5, 5.41) is 4.35. The molecule has 0 spiro atoms. The van der Waals surface area contributed by atoms with Crippen LogP contribution in [0.3, 0.4) is 0 Å². The monoisotopic (exact) mass is 303 g/mol. The fraction of sp³-hybridized carbons (Fsp3) is 0.188. The number of furan rings is 2. The Kier molecular flexibility index (Phi) is 3.71. The molecule has 21 heavy (non-hydrogen) atoms. The van der Waals surface area contributed by atoms with E-state index in [2.05, 4.69) is 5.32 Å². The molecule has 0 unspecified atom stereocenters. The summed E-state index contributed by atoms with van der Waals surface area (Å²) >= 11 is 6.13. The highest BCUT2D eigenvalue weighted by atomic mass is 35.5. The number of carbonyl (C=O) groups is 1. The van der Waals surface area contributed by atoms with E-state index >= 15 is 0 Å². The third-order valence-electron chi connectivity index (χ3n) is 3.33. The van der Waals surface area contributed by atoms with E-state index in [1.54, 1.807) is 18.6 Å². The Morgan fingerprint density at radius 3 is 2.95 bits per heavy atom. The highest BCUT2D eigenvalue weighted by molar-refractivity contribution is 6.32. The van der Waals surface area contributed by atoms with E-state index < -0.39 is 0 Å². The van der Waals surface area contributed by atoms with Crippen molar-refractivity contribution in [3.8, 4) is 0 Å². The lowest BCUT2D eigenvalue weighted by Gasteiger charge is -2.03. The Morgan fingerprint density at radius 2 is 2.19 bits per heavy atom. The molecular weight excluding hydrogens is 290 g/mol. The van der Waals surface area contributed by atoms with E-state index in [1.165, 1.54) is 0 Å². The highest BCUT2D eigenvalue weighted by Crippen LogP contribution is 2.27. The van der Waals surface area contributed by atoms with Gasteiger partial charge in [-0.25, -0.2) is 0 Å². The van der Waals surface area contributed by atoms with Gasteiger partial charge in [0.15, 0.2) is 0 Å². The summed E-state index contributed by atoms with van der Waals surface area (Å²) in [7, 11) is 0. The van der Waals surface area contributed by atoms with Gasteiger partial charge in [0.1, 0.15) is 11.3 Å². The maximum absolute atomic E-state index is 12.0. The molecule has 4 nitrogen and oxygen atoms in total. The molecule has 0 fully saturated rings. The molecule has 1 aromatic carbocycles. The van der Waals surface area contributed by atoms with Crippen LogP contribution in [0.15, 0.2) is 45.6 Å². The minimum absolute atomic E-state index is 0.0919. The summed E-state index contributed by atoms with van der Waals surface area (Å²) in [5.74, 6) is 0.630. The third-order valence-corrected chi connectivity index (χ3v) is 3.73. The highest BCUT2D eigenvalue weighted by Gasteiger charge is 2.12. The molecule has 3 aromatic rings. The van der Waals surface area contributed by atoms with Crippen molar-refractivity contribution >= 4 is 28.5 Å². The Balaban J connectivity index is 1.72. The average molecular weight is 304 g/mol. The minimum Gasteiger partial charge on any atom is -0.467 e. The van der Waals surface area contributed by atoms with Crippen LogP contribution >= 0.6 is 11.6 Å². The van der Waals surface area contributed by atoms with Gasteiger partial charge in [-0.2, -0.15) is 0 Å². The van der Waals surface area contributed by atoms with E-state index in [0.717, 1.165) is 27.9 Å². The Hall–Kier alpha value is -2.20. The molecule has 0 aliphatic carbocycles. The smallest absolute Gasteiger partial charge is 0.224 e. The standard InChI is InChI=1S/C16H14ClNO3/c1-10-5-15-13(7-14(10)17)11(9-21-15)6-16(19)18-8-12-3-2-4-20-12/h2-5,7,9H,6,8H2,1H3,(H,18,19). The fourth-order valence-electron chi connectivity index (χ4n) is 2.17. The Morgan fingerprint density at radius 1 is 1.33 bits per heavy atom. The number of hydrogen-bond donors (Lipinski definition) is 1. The van der Waals surface area contributed by atoms with E-state index in [9.17, 15) is 4.79 Å². The van der Waals surface area contributed by atoms with Crippen molar-refractivity contribution in [2.45, 2.75) is 19.9 Å². The normalized spacial score (nSPS) is 11.0. The van der Waals surface area contributed by atoms with Crippen molar-refractivity contribution in [2.75, 3.05) is 0 Å². The van der Waals surface area contributed by atoms with Crippen molar-refractivity contribution in [3.05, 3.63) is 58.7 Å². The predicted molar refractivity (Wildman–Crippen MR) is 80.2 cm³/mol. The number of halogens is 1. The first-order chi connectivity index (χ1) is 10.1. The lowest BCUT2D eigenvalue weighted by molar-refractivity contribution is -0.120. The number of carbonyl (C=O) groups excluding carboxylic acids is 1. The van der Waals surface area contributed by atoms with Gasteiger partial charge in [-0.3, -0.25) is 4.79 Å². The van der Waals surface area contributed by atoms with Crippen molar-refractivity contribution in [2.24, 2.45) is 0 Å². The molecule has 0 bridgehead atoms. The lowest BCUT2D eigenvalue weighted by atomic mass is 10.1. The second kappa shape index (κ2) is 5.66. The molecule has 5 heteroatoms. The molecule has 1 amide bonds. The van der Waals surface area contributed by atoms with Gasteiger partial charge in [-0.1, -0.05) is 11.6 Å². The zero-order valence-corrected chi connectivity index (χ0v) is 12.2. The van der Waals surface area contributed by atoms with Gasteiger partial charge in [-0.05, 0) is 36.8 Å². The van der Waals surface area contributed by atoms with E-state index in [1.807, 2.05) is 25.1 Å². The van der Waals surface area contributed by atoms with Crippen LogP contribution in [0.2, 0.25) is 5.02 Å². The summed E-state index contributed by atoms with van der Waals surface area (Å²) < 4.78 is 10.6. The third kappa shape index (κ3) is 2.95. The van der Waals surface area contributed by atoms with Crippen LogP contribution in [-0.4, -0.2) is 5.91 Å². The molecule has 0 saturated carbocycles. The minimum atomic E-state index is -0.0919. The molecule has 0 atom stereocenters. The molecule has 0 aliphatic heterocycles. The number of benzene rings is 1. The van der Waals surface area contributed by atoms with Gasteiger partial charge in [0, 0.05) is 16.0 Å². The lowest BCUT2D eigenvalue weighted by Crippen LogP contribution is -2.24. The molecule has 2 aromatic heterocycles. The maximum Gasteiger partial charge on any atom is 0.224 e.